The van der Waals surface area contributed by atoms with Crippen LogP contribution in [0.2, 0.25) is 0 Å². The van der Waals surface area contributed by atoms with Crippen molar-refractivity contribution in [1.29, 1.82) is 0 Å². The Hall–Kier alpha value is 0.675. The standard InChI is InChI=1S/C10H20BIO3/c1-7(12)8(2)13-11-14-9(3,4)10(5,6)15-11/h7-8H,1-6H3. The van der Waals surface area contributed by atoms with Crippen LogP contribution in [-0.2, 0) is 14.0 Å². The van der Waals surface area contributed by atoms with Crippen molar-refractivity contribution in [3.8, 4) is 0 Å². The molecule has 1 rings (SSSR count). The van der Waals surface area contributed by atoms with Crippen LogP contribution in [-0.4, -0.2) is 28.6 Å². The summed E-state index contributed by atoms with van der Waals surface area (Å²) < 4.78 is 17.6. The highest BCUT2D eigenvalue weighted by Gasteiger charge is 2.53. The molecule has 1 fully saturated rings. The highest BCUT2D eigenvalue weighted by Crippen LogP contribution is 2.37. The van der Waals surface area contributed by atoms with Crippen LogP contribution in [0, 0.1) is 0 Å². The molecule has 1 aliphatic rings. The summed E-state index contributed by atoms with van der Waals surface area (Å²) in [5.41, 5.74) is -0.627. The Balaban J connectivity index is 2.56. The average Bonchev–Trinajstić information content (AvgIpc) is 2.19. The fourth-order valence-electron chi connectivity index (χ4n) is 1.13. The predicted octanol–water partition coefficient (Wildman–Crippen LogP) is 2.80. The molecule has 0 amide bonds. The van der Waals surface area contributed by atoms with Gasteiger partial charge in [-0.2, -0.15) is 0 Å². The molecule has 0 aromatic heterocycles. The Labute approximate surface area is 107 Å². The van der Waals surface area contributed by atoms with Gasteiger partial charge in [0, 0.05) is 3.92 Å². The molecule has 3 nitrogen and oxygen atoms in total. The van der Waals surface area contributed by atoms with Crippen molar-refractivity contribution in [2.75, 3.05) is 0 Å². The molecular formula is C10H20BIO3. The topological polar surface area (TPSA) is 27.7 Å². The third-order valence-corrected chi connectivity index (χ3v) is 4.22. The van der Waals surface area contributed by atoms with Crippen molar-refractivity contribution in [1.82, 2.24) is 0 Å². The smallest absolute Gasteiger partial charge is 0.382 e. The van der Waals surface area contributed by atoms with Gasteiger partial charge in [0.25, 0.3) is 0 Å². The van der Waals surface area contributed by atoms with Gasteiger partial charge in [0.15, 0.2) is 0 Å². The van der Waals surface area contributed by atoms with Crippen LogP contribution in [0.25, 0.3) is 0 Å². The van der Waals surface area contributed by atoms with Crippen molar-refractivity contribution in [2.45, 2.75) is 62.8 Å². The van der Waals surface area contributed by atoms with E-state index in [1.54, 1.807) is 0 Å². The van der Waals surface area contributed by atoms with Gasteiger partial charge in [0.1, 0.15) is 0 Å². The first-order valence-corrected chi connectivity index (χ1v) is 6.55. The van der Waals surface area contributed by atoms with E-state index in [0.717, 1.165) is 0 Å². The van der Waals surface area contributed by atoms with E-state index in [1.807, 2.05) is 34.6 Å². The first-order valence-electron chi connectivity index (χ1n) is 5.31. The van der Waals surface area contributed by atoms with Gasteiger partial charge in [0.2, 0.25) is 0 Å². The molecule has 0 spiro atoms. The Morgan fingerprint density at radius 3 is 1.80 bits per heavy atom. The minimum absolute atomic E-state index is 0.125. The summed E-state index contributed by atoms with van der Waals surface area (Å²) in [5.74, 6) is 0. The van der Waals surface area contributed by atoms with Gasteiger partial charge in [-0.25, -0.2) is 0 Å². The summed E-state index contributed by atoms with van der Waals surface area (Å²) >= 11 is 2.34. The van der Waals surface area contributed by atoms with Crippen LogP contribution in [0.1, 0.15) is 41.5 Å². The van der Waals surface area contributed by atoms with Gasteiger partial charge in [-0.3, -0.25) is 0 Å². The fraction of sp³-hybridized carbons (Fsp3) is 1.00. The minimum atomic E-state index is -0.540. The van der Waals surface area contributed by atoms with Crippen LogP contribution >= 0.6 is 22.6 Å². The predicted molar refractivity (Wildman–Crippen MR) is 70.1 cm³/mol. The van der Waals surface area contributed by atoms with Gasteiger partial charge in [-0.15, -0.1) is 0 Å². The molecule has 15 heavy (non-hydrogen) atoms. The monoisotopic (exact) mass is 326 g/mol. The molecule has 0 saturated carbocycles. The molecule has 0 aliphatic carbocycles. The lowest BCUT2D eigenvalue weighted by atomic mass is 9.90. The quantitative estimate of drug-likeness (QED) is 0.453. The van der Waals surface area contributed by atoms with E-state index in [2.05, 4.69) is 29.5 Å². The molecule has 2 unspecified atom stereocenters. The maximum atomic E-state index is 5.74. The van der Waals surface area contributed by atoms with E-state index in [-0.39, 0.29) is 17.3 Å². The van der Waals surface area contributed by atoms with E-state index in [0.29, 0.717) is 3.92 Å². The van der Waals surface area contributed by atoms with Gasteiger partial charge in [-0.1, -0.05) is 29.5 Å². The highest BCUT2D eigenvalue weighted by molar-refractivity contribution is 14.1. The third kappa shape index (κ3) is 3.08. The van der Waals surface area contributed by atoms with Crippen molar-refractivity contribution in [2.24, 2.45) is 0 Å². The van der Waals surface area contributed by atoms with E-state index in [4.69, 9.17) is 14.0 Å². The van der Waals surface area contributed by atoms with Crippen molar-refractivity contribution >= 4 is 29.9 Å². The summed E-state index contributed by atoms with van der Waals surface area (Å²) in [6.45, 7) is 12.2. The molecule has 88 valence electrons. The first kappa shape index (κ1) is 13.7. The lowest BCUT2D eigenvalue weighted by Gasteiger charge is -2.31. The van der Waals surface area contributed by atoms with Gasteiger partial charge in [-0.05, 0) is 34.6 Å². The third-order valence-electron chi connectivity index (χ3n) is 3.20. The van der Waals surface area contributed by atoms with Crippen molar-refractivity contribution in [3.05, 3.63) is 0 Å². The maximum absolute atomic E-state index is 5.74. The van der Waals surface area contributed by atoms with E-state index < -0.39 is 7.32 Å². The lowest BCUT2D eigenvalue weighted by Crippen LogP contribution is -2.41. The molecule has 1 saturated heterocycles. The highest BCUT2D eigenvalue weighted by atomic mass is 127. The van der Waals surface area contributed by atoms with E-state index >= 15 is 0 Å². The maximum Gasteiger partial charge on any atom is 0.640 e. The first-order chi connectivity index (χ1) is 6.66. The minimum Gasteiger partial charge on any atom is -0.382 e. The van der Waals surface area contributed by atoms with Crippen molar-refractivity contribution in [3.63, 3.8) is 0 Å². The Kier molecular flexibility index (Phi) is 4.13. The van der Waals surface area contributed by atoms with Gasteiger partial charge >= 0.3 is 7.32 Å². The molecule has 1 heterocycles. The zero-order valence-corrected chi connectivity index (χ0v) is 12.5. The summed E-state index contributed by atoms with van der Waals surface area (Å²) in [5, 5.41) is 0. The molecule has 0 radical (unpaired) electrons. The molecule has 1 aliphatic heterocycles. The largest absolute Gasteiger partial charge is 0.640 e. The van der Waals surface area contributed by atoms with Crippen LogP contribution in [0.5, 0.6) is 0 Å². The number of rotatable bonds is 3. The second-order valence-corrected chi connectivity index (χ2v) is 7.03. The van der Waals surface area contributed by atoms with E-state index in [9.17, 15) is 0 Å². The molecule has 0 aromatic carbocycles. The summed E-state index contributed by atoms with van der Waals surface area (Å²) in [4.78, 5) is 0. The molecular weight excluding hydrogens is 306 g/mol. The summed E-state index contributed by atoms with van der Waals surface area (Å²) in [6, 6.07) is 0. The van der Waals surface area contributed by atoms with Crippen LogP contribution in [0.3, 0.4) is 0 Å². The summed E-state index contributed by atoms with van der Waals surface area (Å²) in [6.07, 6.45) is 0.125. The van der Waals surface area contributed by atoms with Crippen molar-refractivity contribution < 1.29 is 14.0 Å². The van der Waals surface area contributed by atoms with Crippen LogP contribution in [0.4, 0.5) is 0 Å². The number of halogens is 1. The lowest BCUT2D eigenvalue weighted by molar-refractivity contribution is 0.00578. The fourth-order valence-corrected chi connectivity index (χ4v) is 1.30. The number of hydrogen-bond donors (Lipinski definition) is 0. The Bertz CT molecular complexity index is 215. The van der Waals surface area contributed by atoms with Crippen LogP contribution < -0.4 is 0 Å². The van der Waals surface area contributed by atoms with E-state index in [1.165, 1.54) is 0 Å². The summed E-state index contributed by atoms with van der Waals surface area (Å²) in [7, 11) is -0.540. The second-order valence-electron chi connectivity index (χ2n) is 5.06. The number of hydrogen-bond acceptors (Lipinski definition) is 3. The molecule has 0 N–H and O–H groups in total. The zero-order valence-electron chi connectivity index (χ0n) is 10.3. The second kappa shape index (κ2) is 4.51. The molecule has 0 aromatic rings. The molecule has 5 heteroatoms. The zero-order chi connectivity index (χ0) is 11.9. The Morgan fingerprint density at radius 2 is 1.47 bits per heavy atom. The van der Waals surface area contributed by atoms with Crippen LogP contribution in [0.15, 0.2) is 0 Å². The van der Waals surface area contributed by atoms with Gasteiger partial charge < -0.3 is 14.0 Å². The SMILES string of the molecule is CC(I)C(C)OB1OC(C)(C)C(C)(C)O1. The normalized spacial score (nSPS) is 27.8. The Morgan fingerprint density at radius 1 is 1.07 bits per heavy atom. The molecule has 0 bridgehead atoms. The number of alkyl halides is 1. The molecule has 2 atom stereocenters. The van der Waals surface area contributed by atoms with Gasteiger partial charge in [0.05, 0.1) is 17.3 Å². The average molecular weight is 326 g/mol.